The highest BCUT2D eigenvalue weighted by molar-refractivity contribution is 7.08. The summed E-state index contributed by atoms with van der Waals surface area (Å²) in [5.41, 5.74) is 2.74. The van der Waals surface area contributed by atoms with Gasteiger partial charge in [-0.05, 0) is 28.8 Å². The SMILES string of the molecule is COCCOCCOCCNCc1cscc1C. The topological polar surface area (TPSA) is 39.7 Å². The van der Waals surface area contributed by atoms with Gasteiger partial charge in [-0.3, -0.25) is 0 Å². The van der Waals surface area contributed by atoms with Crippen LogP contribution in [-0.2, 0) is 20.8 Å². The van der Waals surface area contributed by atoms with E-state index in [2.05, 4.69) is 23.0 Å². The third-order valence-corrected chi connectivity index (χ3v) is 3.41. The number of nitrogens with one attached hydrogen (secondary N) is 1. The minimum absolute atomic E-state index is 0.632. The van der Waals surface area contributed by atoms with E-state index < -0.39 is 0 Å². The lowest BCUT2D eigenvalue weighted by atomic mass is 10.2. The molecule has 0 saturated heterocycles. The zero-order chi connectivity index (χ0) is 13.1. The van der Waals surface area contributed by atoms with Crippen molar-refractivity contribution >= 4 is 11.3 Å². The molecule has 0 radical (unpaired) electrons. The smallest absolute Gasteiger partial charge is 0.0701 e. The number of rotatable bonds is 11. The van der Waals surface area contributed by atoms with E-state index in [1.54, 1.807) is 18.4 Å². The van der Waals surface area contributed by atoms with E-state index in [0.29, 0.717) is 26.4 Å². The van der Waals surface area contributed by atoms with Crippen molar-refractivity contribution in [2.45, 2.75) is 13.5 Å². The van der Waals surface area contributed by atoms with Crippen molar-refractivity contribution in [1.29, 1.82) is 0 Å². The molecule has 1 aromatic heterocycles. The van der Waals surface area contributed by atoms with Gasteiger partial charge in [-0.25, -0.2) is 0 Å². The van der Waals surface area contributed by atoms with Gasteiger partial charge in [0.2, 0.25) is 0 Å². The van der Waals surface area contributed by atoms with E-state index in [9.17, 15) is 0 Å². The van der Waals surface area contributed by atoms with Crippen molar-refractivity contribution in [2.75, 3.05) is 46.7 Å². The second-order valence-corrected chi connectivity index (χ2v) is 4.72. The maximum absolute atomic E-state index is 5.44. The van der Waals surface area contributed by atoms with Crippen LogP contribution in [-0.4, -0.2) is 46.7 Å². The van der Waals surface area contributed by atoms with Crippen LogP contribution in [0.1, 0.15) is 11.1 Å². The Hall–Kier alpha value is -0.460. The fourth-order valence-electron chi connectivity index (χ4n) is 1.40. The summed E-state index contributed by atoms with van der Waals surface area (Å²) in [6.07, 6.45) is 0. The first kappa shape index (κ1) is 15.6. The highest BCUT2D eigenvalue weighted by Crippen LogP contribution is 2.12. The zero-order valence-corrected chi connectivity index (χ0v) is 12.1. The zero-order valence-electron chi connectivity index (χ0n) is 11.2. The number of aryl methyl sites for hydroxylation is 1. The monoisotopic (exact) mass is 273 g/mol. The molecule has 0 amide bonds. The van der Waals surface area contributed by atoms with Crippen LogP contribution in [0.15, 0.2) is 10.8 Å². The fraction of sp³-hybridized carbons (Fsp3) is 0.692. The Morgan fingerprint density at radius 1 is 1.06 bits per heavy atom. The third kappa shape index (κ3) is 7.08. The molecule has 0 saturated carbocycles. The van der Waals surface area contributed by atoms with E-state index in [1.807, 2.05) is 0 Å². The minimum Gasteiger partial charge on any atom is -0.382 e. The standard InChI is InChI=1S/C13H23NO3S/c1-12-10-18-11-13(12)9-14-3-4-16-7-8-17-6-5-15-2/h10-11,14H,3-9H2,1-2H3. The first-order valence-corrected chi connectivity index (χ1v) is 7.15. The number of hydrogen-bond acceptors (Lipinski definition) is 5. The van der Waals surface area contributed by atoms with Gasteiger partial charge in [-0.15, -0.1) is 0 Å². The molecule has 0 spiro atoms. The molecule has 1 aromatic rings. The summed E-state index contributed by atoms with van der Waals surface area (Å²) in [6, 6.07) is 0. The Morgan fingerprint density at radius 2 is 1.78 bits per heavy atom. The molecule has 0 unspecified atom stereocenters. The van der Waals surface area contributed by atoms with Gasteiger partial charge in [0.25, 0.3) is 0 Å². The van der Waals surface area contributed by atoms with Gasteiger partial charge in [0.05, 0.1) is 33.0 Å². The first-order chi connectivity index (χ1) is 8.84. The average molecular weight is 273 g/mol. The molecule has 5 heteroatoms. The predicted molar refractivity (Wildman–Crippen MR) is 74.3 cm³/mol. The van der Waals surface area contributed by atoms with Gasteiger partial charge in [-0.1, -0.05) is 0 Å². The number of thiophene rings is 1. The van der Waals surface area contributed by atoms with Gasteiger partial charge in [0, 0.05) is 20.2 Å². The third-order valence-electron chi connectivity index (χ3n) is 2.50. The second-order valence-electron chi connectivity index (χ2n) is 3.97. The number of ether oxygens (including phenoxy) is 3. The summed E-state index contributed by atoms with van der Waals surface area (Å²) in [5, 5.41) is 7.72. The molecule has 0 bridgehead atoms. The largest absolute Gasteiger partial charge is 0.382 e. The van der Waals surface area contributed by atoms with Gasteiger partial charge < -0.3 is 19.5 Å². The molecular formula is C13H23NO3S. The lowest BCUT2D eigenvalue weighted by Gasteiger charge is -2.07. The summed E-state index contributed by atoms with van der Waals surface area (Å²) < 4.78 is 15.6. The fourth-order valence-corrected chi connectivity index (χ4v) is 2.26. The molecule has 0 aromatic carbocycles. The number of hydrogen-bond donors (Lipinski definition) is 1. The average Bonchev–Trinajstić information content (AvgIpc) is 2.77. The Balaban J connectivity index is 1.83. The van der Waals surface area contributed by atoms with Crippen molar-refractivity contribution in [3.05, 3.63) is 21.9 Å². The predicted octanol–water partition coefficient (Wildman–Crippen LogP) is 1.83. The molecule has 18 heavy (non-hydrogen) atoms. The lowest BCUT2D eigenvalue weighted by molar-refractivity contribution is 0.0255. The Labute approximate surface area is 113 Å². The highest BCUT2D eigenvalue weighted by Gasteiger charge is 1.97. The minimum atomic E-state index is 0.632. The molecule has 0 atom stereocenters. The van der Waals surface area contributed by atoms with E-state index >= 15 is 0 Å². The Morgan fingerprint density at radius 3 is 2.44 bits per heavy atom. The second kappa shape index (κ2) is 10.5. The Kier molecular flexibility index (Phi) is 9.06. The van der Waals surface area contributed by atoms with Gasteiger partial charge in [0.1, 0.15) is 0 Å². The van der Waals surface area contributed by atoms with Crippen molar-refractivity contribution in [3.8, 4) is 0 Å². The van der Waals surface area contributed by atoms with Crippen LogP contribution in [0.5, 0.6) is 0 Å². The van der Waals surface area contributed by atoms with Crippen molar-refractivity contribution in [3.63, 3.8) is 0 Å². The number of methoxy groups -OCH3 is 1. The maximum atomic E-state index is 5.44. The van der Waals surface area contributed by atoms with E-state index in [0.717, 1.165) is 19.7 Å². The molecule has 0 aliphatic carbocycles. The van der Waals surface area contributed by atoms with Gasteiger partial charge in [-0.2, -0.15) is 11.3 Å². The highest BCUT2D eigenvalue weighted by atomic mass is 32.1. The quantitative estimate of drug-likeness (QED) is 0.624. The molecule has 1 heterocycles. The Bertz CT molecular complexity index is 304. The van der Waals surface area contributed by atoms with Crippen LogP contribution in [0.3, 0.4) is 0 Å². The van der Waals surface area contributed by atoms with E-state index in [1.165, 1.54) is 11.1 Å². The van der Waals surface area contributed by atoms with E-state index in [-0.39, 0.29) is 0 Å². The van der Waals surface area contributed by atoms with Crippen LogP contribution in [0.4, 0.5) is 0 Å². The molecular weight excluding hydrogens is 250 g/mol. The van der Waals surface area contributed by atoms with Crippen molar-refractivity contribution in [1.82, 2.24) is 5.32 Å². The summed E-state index contributed by atoms with van der Waals surface area (Å²) in [7, 11) is 1.67. The molecule has 104 valence electrons. The first-order valence-electron chi connectivity index (χ1n) is 6.21. The molecule has 0 aliphatic rings. The van der Waals surface area contributed by atoms with Crippen LogP contribution >= 0.6 is 11.3 Å². The van der Waals surface area contributed by atoms with Crippen LogP contribution < -0.4 is 5.32 Å². The van der Waals surface area contributed by atoms with Crippen molar-refractivity contribution < 1.29 is 14.2 Å². The van der Waals surface area contributed by atoms with Crippen LogP contribution in [0.2, 0.25) is 0 Å². The molecule has 4 nitrogen and oxygen atoms in total. The van der Waals surface area contributed by atoms with Gasteiger partial charge in [0.15, 0.2) is 0 Å². The molecule has 1 rings (SSSR count). The summed E-state index contributed by atoms with van der Waals surface area (Å²) >= 11 is 1.75. The van der Waals surface area contributed by atoms with Crippen LogP contribution in [0.25, 0.3) is 0 Å². The molecule has 0 fully saturated rings. The summed E-state index contributed by atoms with van der Waals surface area (Å²) in [5.74, 6) is 0. The summed E-state index contributed by atoms with van der Waals surface area (Å²) in [6.45, 7) is 7.20. The normalized spacial score (nSPS) is 11.0. The van der Waals surface area contributed by atoms with Crippen molar-refractivity contribution in [2.24, 2.45) is 0 Å². The summed E-state index contributed by atoms with van der Waals surface area (Å²) in [4.78, 5) is 0. The maximum Gasteiger partial charge on any atom is 0.0701 e. The molecule has 1 N–H and O–H groups in total. The van der Waals surface area contributed by atoms with Gasteiger partial charge >= 0.3 is 0 Å². The van der Waals surface area contributed by atoms with E-state index in [4.69, 9.17) is 14.2 Å². The van der Waals surface area contributed by atoms with Crippen LogP contribution in [0, 0.1) is 6.92 Å². The molecule has 0 aliphatic heterocycles. The lowest BCUT2D eigenvalue weighted by Crippen LogP contribution is -2.20.